The molecule has 0 spiro atoms. The van der Waals surface area contributed by atoms with E-state index in [4.69, 9.17) is 9.47 Å². The summed E-state index contributed by atoms with van der Waals surface area (Å²) in [6.45, 7) is 2.62. The topological polar surface area (TPSA) is 59.6 Å². The highest BCUT2D eigenvalue weighted by Gasteiger charge is 2.14. The Morgan fingerprint density at radius 2 is 2.16 bits per heavy atom. The molecule has 1 amide bonds. The Balaban J connectivity index is 2.60. The maximum absolute atomic E-state index is 13.0. The molecule has 2 N–H and O–H groups in total. The molecule has 0 saturated carbocycles. The van der Waals surface area contributed by atoms with Gasteiger partial charge >= 0.3 is 0 Å². The molecule has 1 unspecified atom stereocenters. The van der Waals surface area contributed by atoms with E-state index < -0.39 is 6.04 Å². The van der Waals surface area contributed by atoms with Crippen LogP contribution in [0.4, 0.5) is 10.1 Å². The number of amides is 1. The van der Waals surface area contributed by atoms with E-state index in [9.17, 15) is 9.18 Å². The van der Waals surface area contributed by atoms with Crippen molar-refractivity contribution >= 4 is 11.6 Å². The average molecular weight is 270 g/mol. The van der Waals surface area contributed by atoms with Gasteiger partial charge in [0.05, 0.1) is 19.4 Å². The highest BCUT2D eigenvalue weighted by Crippen LogP contribution is 2.25. The van der Waals surface area contributed by atoms with Crippen molar-refractivity contribution in [1.29, 1.82) is 0 Å². The summed E-state index contributed by atoms with van der Waals surface area (Å²) in [5.74, 6) is -0.195. The normalized spacial score (nSPS) is 11.8. The molecule has 106 valence electrons. The lowest BCUT2D eigenvalue weighted by atomic mass is 10.2. The summed E-state index contributed by atoms with van der Waals surface area (Å²) in [5, 5.41) is 5.68. The second-order valence-corrected chi connectivity index (χ2v) is 3.99. The number of carbonyl (C=O) groups is 1. The van der Waals surface area contributed by atoms with Crippen LogP contribution in [0.5, 0.6) is 5.75 Å². The molecule has 19 heavy (non-hydrogen) atoms. The Morgan fingerprint density at radius 3 is 2.79 bits per heavy atom. The molecule has 0 radical (unpaired) electrons. The third kappa shape index (κ3) is 4.75. The molecule has 0 heterocycles. The predicted molar refractivity (Wildman–Crippen MR) is 70.9 cm³/mol. The van der Waals surface area contributed by atoms with Gasteiger partial charge in [-0.1, -0.05) is 0 Å². The van der Waals surface area contributed by atoms with Crippen molar-refractivity contribution in [2.75, 3.05) is 32.7 Å². The zero-order chi connectivity index (χ0) is 14.3. The van der Waals surface area contributed by atoms with Crippen LogP contribution in [-0.4, -0.2) is 39.3 Å². The van der Waals surface area contributed by atoms with E-state index in [2.05, 4.69) is 10.6 Å². The molecule has 1 rings (SSSR count). The zero-order valence-corrected chi connectivity index (χ0v) is 11.3. The lowest BCUT2D eigenvalue weighted by molar-refractivity contribution is -0.121. The highest BCUT2D eigenvalue weighted by atomic mass is 19.1. The van der Waals surface area contributed by atoms with Gasteiger partial charge in [0, 0.05) is 19.7 Å². The van der Waals surface area contributed by atoms with E-state index in [1.165, 1.54) is 25.3 Å². The van der Waals surface area contributed by atoms with Gasteiger partial charge in [0.2, 0.25) is 5.91 Å². The molecule has 0 fully saturated rings. The van der Waals surface area contributed by atoms with Crippen LogP contribution < -0.4 is 15.4 Å². The molecular weight excluding hydrogens is 251 g/mol. The van der Waals surface area contributed by atoms with E-state index in [0.717, 1.165) is 0 Å². The number of nitrogens with one attached hydrogen (secondary N) is 2. The highest BCUT2D eigenvalue weighted by molar-refractivity contribution is 5.84. The maximum Gasteiger partial charge on any atom is 0.242 e. The Kier molecular flexibility index (Phi) is 6.08. The summed E-state index contributed by atoms with van der Waals surface area (Å²) in [6.07, 6.45) is 0. The van der Waals surface area contributed by atoms with Crippen LogP contribution in [0.1, 0.15) is 6.92 Å². The molecule has 5 nitrogen and oxygen atoms in total. The molecule has 0 saturated heterocycles. The monoisotopic (exact) mass is 270 g/mol. The molecule has 1 atom stereocenters. The van der Waals surface area contributed by atoms with Gasteiger partial charge in [0.1, 0.15) is 17.6 Å². The van der Waals surface area contributed by atoms with E-state index in [-0.39, 0.29) is 11.7 Å². The number of carbonyl (C=O) groups excluding carboxylic acids is 1. The standard InChI is InChI=1S/C13H19FN2O3/c1-9(13(17)15-6-7-18-2)16-11-5-4-10(14)8-12(11)19-3/h4-5,8-9,16H,6-7H2,1-3H3,(H,15,17). The molecule has 0 aliphatic rings. The fraction of sp³-hybridized carbons (Fsp3) is 0.462. The van der Waals surface area contributed by atoms with Crippen molar-refractivity contribution in [2.24, 2.45) is 0 Å². The van der Waals surface area contributed by atoms with Crippen molar-refractivity contribution in [2.45, 2.75) is 13.0 Å². The number of benzene rings is 1. The summed E-state index contributed by atoms with van der Waals surface area (Å²) in [5.41, 5.74) is 0.568. The van der Waals surface area contributed by atoms with Gasteiger partial charge in [-0.05, 0) is 19.1 Å². The SMILES string of the molecule is COCCNC(=O)C(C)Nc1ccc(F)cc1OC. The fourth-order valence-corrected chi connectivity index (χ4v) is 1.51. The molecule has 1 aromatic rings. The summed E-state index contributed by atoms with van der Waals surface area (Å²) in [7, 11) is 3.01. The lowest BCUT2D eigenvalue weighted by Gasteiger charge is -2.17. The molecule has 0 aromatic heterocycles. The van der Waals surface area contributed by atoms with E-state index in [1.807, 2.05) is 0 Å². The zero-order valence-electron chi connectivity index (χ0n) is 11.3. The van der Waals surface area contributed by atoms with Crippen molar-refractivity contribution < 1.29 is 18.7 Å². The van der Waals surface area contributed by atoms with Gasteiger partial charge in [-0.2, -0.15) is 0 Å². The summed E-state index contributed by atoms with van der Waals surface area (Å²) < 4.78 is 22.9. The summed E-state index contributed by atoms with van der Waals surface area (Å²) >= 11 is 0. The first-order valence-corrected chi connectivity index (χ1v) is 5.95. The third-order valence-electron chi connectivity index (χ3n) is 2.53. The second kappa shape index (κ2) is 7.58. The van der Waals surface area contributed by atoms with Crippen molar-refractivity contribution in [1.82, 2.24) is 5.32 Å². The maximum atomic E-state index is 13.0. The second-order valence-electron chi connectivity index (χ2n) is 3.99. The Morgan fingerprint density at radius 1 is 1.42 bits per heavy atom. The van der Waals surface area contributed by atoms with Crippen LogP contribution in [0.25, 0.3) is 0 Å². The average Bonchev–Trinajstić information content (AvgIpc) is 2.40. The number of halogens is 1. The third-order valence-corrected chi connectivity index (χ3v) is 2.53. The van der Waals surface area contributed by atoms with Gasteiger partial charge in [-0.3, -0.25) is 4.79 Å². The molecule has 0 aliphatic heterocycles. The first-order chi connectivity index (χ1) is 9.08. The Hall–Kier alpha value is -1.82. The first-order valence-electron chi connectivity index (χ1n) is 5.95. The van der Waals surface area contributed by atoms with Crippen LogP contribution in [0.3, 0.4) is 0 Å². The fourth-order valence-electron chi connectivity index (χ4n) is 1.51. The number of hydrogen-bond acceptors (Lipinski definition) is 4. The van der Waals surface area contributed by atoms with Crippen LogP contribution >= 0.6 is 0 Å². The van der Waals surface area contributed by atoms with Gasteiger partial charge in [0.15, 0.2) is 0 Å². The first kappa shape index (κ1) is 15.2. The van der Waals surface area contributed by atoms with Crippen molar-refractivity contribution in [3.05, 3.63) is 24.0 Å². The van der Waals surface area contributed by atoms with E-state index in [1.54, 1.807) is 14.0 Å². The van der Waals surface area contributed by atoms with Crippen molar-refractivity contribution in [3.8, 4) is 5.75 Å². The number of ether oxygens (including phenoxy) is 2. The van der Waals surface area contributed by atoms with Crippen LogP contribution in [0.15, 0.2) is 18.2 Å². The van der Waals surface area contributed by atoms with E-state index >= 15 is 0 Å². The summed E-state index contributed by atoms with van der Waals surface area (Å²) in [6, 6.07) is 3.64. The van der Waals surface area contributed by atoms with Gasteiger partial charge in [0.25, 0.3) is 0 Å². The Bertz CT molecular complexity index is 426. The number of methoxy groups -OCH3 is 2. The smallest absolute Gasteiger partial charge is 0.242 e. The number of rotatable bonds is 7. The van der Waals surface area contributed by atoms with Gasteiger partial charge in [-0.15, -0.1) is 0 Å². The summed E-state index contributed by atoms with van der Waals surface area (Å²) in [4.78, 5) is 11.7. The van der Waals surface area contributed by atoms with Crippen LogP contribution in [0, 0.1) is 5.82 Å². The Labute approximate surface area is 112 Å². The minimum absolute atomic E-state index is 0.163. The largest absolute Gasteiger partial charge is 0.494 e. The van der Waals surface area contributed by atoms with E-state index in [0.29, 0.717) is 24.6 Å². The quantitative estimate of drug-likeness (QED) is 0.735. The molecule has 0 aliphatic carbocycles. The van der Waals surface area contributed by atoms with Gasteiger partial charge < -0.3 is 20.1 Å². The predicted octanol–water partition coefficient (Wildman–Crippen LogP) is 1.40. The minimum atomic E-state index is -0.462. The molecular formula is C13H19FN2O3. The number of anilines is 1. The molecule has 1 aromatic carbocycles. The van der Waals surface area contributed by atoms with Gasteiger partial charge in [-0.25, -0.2) is 4.39 Å². The number of hydrogen-bond donors (Lipinski definition) is 2. The van der Waals surface area contributed by atoms with Crippen LogP contribution in [0.2, 0.25) is 0 Å². The lowest BCUT2D eigenvalue weighted by Crippen LogP contribution is -2.39. The molecule has 0 bridgehead atoms. The van der Waals surface area contributed by atoms with Crippen LogP contribution in [-0.2, 0) is 9.53 Å². The minimum Gasteiger partial charge on any atom is -0.494 e. The van der Waals surface area contributed by atoms with Crippen molar-refractivity contribution in [3.63, 3.8) is 0 Å². The molecule has 6 heteroatoms.